The summed E-state index contributed by atoms with van der Waals surface area (Å²) in [5, 5.41) is 0. The van der Waals surface area contributed by atoms with Gasteiger partial charge < -0.3 is 14.5 Å². The predicted octanol–water partition coefficient (Wildman–Crippen LogP) is 2.68. The van der Waals surface area contributed by atoms with Gasteiger partial charge in [0, 0.05) is 51.5 Å². The first-order valence-electron chi connectivity index (χ1n) is 8.58. The Balaban J connectivity index is 1.42. The quantitative estimate of drug-likeness (QED) is 0.855. The van der Waals surface area contributed by atoms with Crippen LogP contribution in [0.15, 0.2) is 24.3 Å². The molecule has 2 fully saturated rings. The summed E-state index contributed by atoms with van der Waals surface area (Å²) in [5.74, 6) is 0.708. The van der Waals surface area contributed by atoms with Crippen LogP contribution in [0.5, 0.6) is 0 Å². The molecule has 1 amide bonds. The summed E-state index contributed by atoms with van der Waals surface area (Å²) in [6.07, 6.45) is 3.82. The average molecular weight is 320 g/mol. The summed E-state index contributed by atoms with van der Waals surface area (Å²) >= 11 is 0. The van der Waals surface area contributed by atoms with Gasteiger partial charge >= 0.3 is 0 Å². The van der Waals surface area contributed by atoms with Crippen molar-refractivity contribution in [3.05, 3.63) is 30.1 Å². The number of nitrogens with zero attached hydrogens (tertiary/aromatic N) is 2. The lowest BCUT2D eigenvalue weighted by atomic mass is 9.94. The van der Waals surface area contributed by atoms with Crippen molar-refractivity contribution in [3.8, 4) is 0 Å². The van der Waals surface area contributed by atoms with Crippen molar-refractivity contribution < 1.29 is 13.9 Å². The molecular formula is C18H25FN2O2. The van der Waals surface area contributed by atoms with Gasteiger partial charge in [-0.25, -0.2) is 4.39 Å². The molecule has 2 saturated heterocycles. The predicted molar refractivity (Wildman–Crippen MR) is 88.0 cm³/mol. The lowest BCUT2D eigenvalue weighted by molar-refractivity contribution is -0.132. The zero-order chi connectivity index (χ0) is 16.1. The first kappa shape index (κ1) is 16.2. The Morgan fingerprint density at radius 2 is 1.74 bits per heavy atom. The lowest BCUT2D eigenvalue weighted by Gasteiger charge is -2.36. The maximum atomic E-state index is 13.0. The van der Waals surface area contributed by atoms with Gasteiger partial charge in [0.2, 0.25) is 5.91 Å². The summed E-state index contributed by atoms with van der Waals surface area (Å²) in [4.78, 5) is 16.5. The first-order valence-corrected chi connectivity index (χ1v) is 8.58. The maximum Gasteiger partial charge on any atom is 0.222 e. The fourth-order valence-corrected chi connectivity index (χ4v) is 3.39. The zero-order valence-electron chi connectivity index (χ0n) is 13.5. The molecule has 0 saturated carbocycles. The third-order valence-corrected chi connectivity index (χ3v) is 4.93. The smallest absolute Gasteiger partial charge is 0.222 e. The van der Waals surface area contributed by atoms with E-state index in [4.69, 9.17) is 4.74 Å². The fraction of sp³-hybridized carbons (Fsp3) is 0.611. The Labute approximate surface area is 137 Å². The van der Waals surface area contributed by atoms with Gasteiger partial charge in [0.15, 0.2) is 0 Å². The third-order valence-electron chi connectivity index (χ3n) is 4.93. The van der Waals surface area contributed by atoms with E-state index in [1.807, 2.05) is 4.90 Å². The first-order chi connectivity index (χ1) is 11.2. The van der Waals surface area contributed by atoms with Gasteiger partial charge in [-0.05, 0) is 49.4 Å². The second-order valence-electron chi connectivity index (χ2n) is 6.44. The van der Waals surface area contributed by atoms with Gasteiger partial charge in [-0.1, -0.05) is 0 Å². The Kier molecular flexibility index (Phi) is 5.49. The molecule has 23 heavy (non-hydrogen) atoms. The summed E-state index contributed by atoms with van der Waals surface area (Å²) in [5.41, 5.74) is 1.03. The van der Waals surface area contributed by atoms with Crippen LogP contribution in [0, 0.1) is 11.7 Å². The monoisotopic (exact) mass is 320 g/mol. The maximum absolute atomic E-state index is 13.0. The number of ether oxygens (including phenoxy) is 1. The van der Waals surface area contributed by atoms with E-state index in [0.29, 0.717) is 12.3 Å². The molecule has 3 rings (SSSR count). The van der Waals surface area contributed by atoms with Crippen LogP contribution in [0.1, 0.15) is 25.7 Å². The topological polar surface area (TPSA) is 32.8 Å². The Bertz CT molecular complexity index is 506. The fourth-order valence-electron chi connectivity index (χ4n) is 3.39. The lowest BCUT2D eigenvalue weighted by Crippen LogP contribution is -2.48. The molecule has 0 radical (unpaired) electrons. The minimum Gasteiger partial charge on any atom is -0.381 e. The normalized spacial score (nSPS) is 19.9. The molecule has 126 valence electrons. The molecule has 2 aliphatic heterocycles. The summed E-state index contributed by atoms with van der Waals surface area (Å²) in [7, 11) is 0. The molecule has 0 bridgehead atoms. The van der Waals surface area contributed by atoms with Gasteiger partial charge in [0.1, 0.15) is 5.82 Å². The van der Waals surface area contributed by atoms with Crippen LogP contribution in [0.3, 0.4) is 0 Å². The number of halogens is 1. The molecule has 0 aliphatic carbocycles. The van der Waals surface area contributed by atoms with Crippen LogP contribution in [0.25, 0.3) is 0 Å². The van der Waals surface area contributed by atoms with E-state index < -0.39 is 0 Å². The largest absolute Gasteiger partial charge is 0.381 e. The summed E-state index contributed by atoms with van der Waals surface area (Å²) in [6.45, 7) is 4.82. The van der Waals surface area contributed by atoms with E-state index in [0.717, 1.165) is 64.3 Å². The number of hydrogen-bond donors (Lipinski definition) is 0. The molecular weight excluding hydrogens is 295 g/mol. The SMILES string of the molecule is O=C(CCC1CCOCC1)N1CCN(c2ccc(F)cc2)CC1. The van der Waals surface area contributed by atoms with Crippen molar-refractivity contribution in [2.24, 2.45) is 5.92 Å². The van der Waals surface area contributed by atoms with Crippen molar-refractivity contribution in [3.63, 3.8) is 0 Å². The number of rotatable bonds is 4. The second-order valence-corrected chi connectivity index (χ2v) is 6.44. The summed E-state index contributed by atoms with van der Waals surface area (Å²) in [6, 6.07) is 6.58. The Morgan fingerprint density at radius 1 is 1.09 bits per heavy atom. The molecule has 1 aromatic rings. The number of hydrogen-bond acceptors (Lipinski definition) is 3. The van der Waals surface area contributed by atoms with E-state index >= 15 is 0 Å². The van der Waals surface area contributed by atoms with Crippen LogP contribution < -0.4 is 4.90 Å². The average Bonchev–Trinajstić information content (AvgIpc) is 2.61. The van der Waals surface area contributed by atoms with Crippen molar-refractivity contribution in [2.75, 3.05) is 44.3 Å². The zero-order valence-corrected chi connectivity index (χ0v) is 13.5. The highest BCUT2D eigenvalue weighted by Crippen LogP contribution is 2.21. The molecule has 4 nitrogen and oxygen atoms in total. The van der Waals surface area contributed by atoms with Crippen LogP contribution in [-0.2, 0) is 9.53 Å². The molecule has 0 spiro atoms. The Morgan fingerprint density at radius 3 is 2.39 bits per heavy atom. The van der Waals surface area contributed by atoms with Crippen molar-refractivity contribution in [2.45, 2.75) is 25.7 Å². The minimum absolute atomic E-state index is 0.212. The molecule has 2 aliphatic rings. The van der Waals surface area contributed by atoms with Crippen molar-refractivity contribution in [1.82, 2.24) is 4.90 Å². The minimum atomic E-state index is -0.212. The number of carbonyl (C=O) groups is 1. The molecule has 2 heterocycles. The van der Waals surface area contributed by atoms with Gasteiger partial charge in [-0.2, -0.15) is 0 Å². The van der Waals surface area contributed by atoms with Gasteiger partial charge in [-0.15, -0.1) is 0 Å². The van der Waals surface area contributed by atoms with Crippen molar-refractivity contribution in [1.29, 1.82) is 0 Å². The highest BCUT2D eigenvalue weighted by molar-refractivity contribution is 5.76. The highest BCUT2D eigenvalue weighted by atomic mass is 19.1. The number of piperazine rings is 1. The number of carbonyl (C=O) groups excluding carboxylic acids is 1. The standard InChI is InChI=1S/C18H25FN2O2/c19-16-2-4-17(5-3-16)20-9-11-21(12-10-20)18(22)6-1-15-7-13-23-14-8-15/h2-5,15H,1,6-14H2. The van der Waals surface area contributed by atoms with E-state index in [2.05, 4.69) is 4.90 Å². The number of anilines is 1. The van der Waals surface area contributed by atoms with Crippen LogP contribution in [0.2, 0.25) is 0 Å². The van der Waals surface area contributed by atoms with Gasteiger partial charge in [-0.3, -0.25) is 4.79 Å². The van der Waals surface area contributed by atoms with Crippen molar-refractivity contribution >= 4 is 11.6 Å². The molecule has 0 atom stereocenters. The molecule has 0 N–H and O–H groups in total. The van der Waals surface area contributed by atoms with Crippen LogP contribution in [-0.4, -0.2) is 50.2 Å². The van der Waals surface area contributed by atoms with Crippen LogP contribution in [0.4, 0.5) is 10.1 Å². The Hall–Kier alpha value is -1.62. The van der Waals surface area contributed by atoms with E-state index in [1.165, 1.54) is 12.1 Å². The van der Waals surface area contributed by atoms with E-state index in [-0.39, 0.29) is 11.7 Å². The third kappa shape index (κ3) is 4.44. The molecule has 0 aromatic heterocycles. The molecule has 5 heteroatoms. The van der Waals surface area contributed by atoms with Crippen LogP contribution >= 0.6 is 0 Å². The second kappa shape index (κ2) is 7.77. The molecule has 1 aromatic carbocycles. The summed E-state index contributed by atoms with van der Waals surface area (Å²) < 4.78 is 18.3. The number of benzene rings is 1. The number of amides is 1. The van der Waals surface area contributed by atoms with E-state index in [1.54, 1.807) is 12.1 Å². The van der Waals surface area contributed by atoms with Gasteiger partial charge in [0.05, 0.1) is 0 Å². The van der Waals surface area contributed by atoms with E-state index in [9.17, 15) is 9.18 Å². The van der Waals surface area contributed by atoms with Gasteiger partial charge in [0.25, 0.3) is 0 Å². The highest BCUT2D eigenvalue weighted by Gasteiger charge is 2.22. The molecule has 0 unspecified atom stereocenters.